The van der Waals surface area contributed by atoms with Gasteiger partial charge in [0.1, 0.15) is 0 Å². The van der Waals surface area contributed by atoms with E-state index in [0.29, 0.717) is 6.54 Å². The summed E-state index contributed by atoms with van der Waals surface area (Å²) in [4.78, 5) is 25.0. The van der Waals surface area contributed by atoms with Crippen LogP contribution in [0.3, 0.4) is 0 Å². The van der Waals surface area contributed by atoms with Crippen molar-refractivity contribution in [2.45, 2.75) is 58.0 Å². The average Bonchev–Trinajstić information content (AvgIpc) is 2.60. The van der Waals surface area contributed by atoms with Gasteiger partial charge in [-0.3, -0.25) is 4.79 Å². The lowest BCUT2D eigenvalue weighted by atomic mass is 9.88. The molecule has 0 radical (unpaired) electrons. The van der Waals surface area contributed by atoms with Crippen molar-refractivity contribution in [1.29, 1.82) is 0 Å². The predicted octanol–water partition coefficient (Wildman–Crippen LogP) is 2.38. The number of rotatable bonds is 4. The number of nitrogens with zero attached hydrogens (tertiary/aromatic N) is 1. The molecule has 2 bridgehead atoms. The van der Waals surface area contributed by atoms with Gasteiger partial charge in [0.15, 0.2) is 0 Å². The first-order chi connectivity index (χ1) is 9.47. The van der Waals surface area contributed by atoms with Crippen molar-refractivity contribution in [1.82, 2.24) is 10.2 Å². The molecule has 2 saturated heterocycles. The highest BCUT2D eigenvalue weighted by Crippen LogP contribution is 2.39. The van der Waals surface area contributed by atoms with E-state index in [1.807, 2.05) is 24.8 Å². The zero-order valence-electron chi connectivity index (χ0n) is 12.3. The zero-order chi connectivity index (χ0) is 14.7. The Morgan fingerprint density at radius 3 is 2.35 bits per heavy atom. The summed E-state index contributed by atoms with van der Waals surface area (Å²) < 4.78 is 0. The van der Waals surface area contributed by atoms with Crippen molar-refractivity contribution in [3.63, 3.8) is 0 Å². The quantitative estimate of drug-likeness (QED) is 0.777. The van der Waals surface area contributed by atoms with Crippen molar-refractivity contribution < 1.29 is 14.7 Å². The summed E-state index contributed by atoms with van der Waals surface area (Å²) in [7, 11) is 0. The Bertz CT molecular complexity index is 401. The molecular formula is C15H24N2O3. The number of fused-ring (bicyclic) bond motifs is 2. The third-order valence-electron chi connectivity index (χ3n) is 4.29. The smallest absolute Gasteiger partial charge is 0.318 e. The van der Waals surface area contributed by atoms with E-state index in [2.05, 4.69) is 5.32 Å². The molecule has 2 fully saturated rings. The number of aliphatic carboxylic acids is 1. The van der Waals surface area contributed by atoms with Gasteiger partial charge in [0, 0.05) is 25.0 Å². The fraction of sp³-hybridized carbons (Fsp3) is 0.733. The fourth-order valence-electron chi connectivity index (χ4n) is 3.47. The standard InChI is InChI=1S/C15H24N2O3/c1-10(2)5-6-16-15(20)17-12-3-4-13(17)8-11(7-12)9-14(18)19/h5,11-13H,3-4,6-9H2,1-2H3,(H,16,20)(H,18,19). The lowest BCUT2D eigenvalue weighted by Crippen LogP contribution is -2.51. The molecule has 0 saturated carbocycles. The van der Waals surface area contributed by atoms with E-state index < -0.39 is 5.97 Å². The molecule has 2 aliphatic rings. The van der Waals surface area contributed by atoms with E-state index in [9.17, 15) is 9.59 Å². The molecule has 5 heteroatoms. The Balaban J connectivity index is 1.90. The SMILES string of the molecule is CC(C)=CCNC(=O)N1C2CCC1CC(CC(=O)O)C2. The molecule has 0 aromatic carbocycles. The lowest BCUT2D eigenvalue weighted by Gasteiger charge is -2.38. The van der Waals surface area contributed by atoms with Gasteiger partial charge in [0.25, 0.3) is 0 Å². The molecule has 112 valence electrons. The minimum Gasteiger partial charge on any atom is -0.481 e. The molecule has 0 aliphatic carbocycles. The first-order valence-electron chi connectivity index (χ1n) is 7.38. The number of carboxylic acid groups (broad SMARTS) is 1. The molecule has 5 nitrogen and oxygen atoms in total. The zero-order valence-corrected chi connectivity index (χ0v) is 12.3. The third kappa shape index (κ3) is 3.52. The van der Waals surface area contributed by atoms with Crippen LogP contribution in [0, 0.1) is 5.92 Å². The summed E-state index contributed by atoms with van der Waals surface area (Å²) in [6.45, 7) is 4.58. The highest BCUT2D eigenvalue weighted by molar-refractivity contribution is 5.75. The maximum absolute atomic E-state index is 12.2. The molecule has 2 aliphatic heterocycles. The van der Waals surface area contributed by atoms with Crippen LogP contribution in [0.1, 0.15) is 46.0 Å². The molecule has 2 unspecified atom stereocenters. The Labute approximate surface area is 120 Å². The molecule has 2 heterocycles. The number of amides is 2. The van der Waals surface area contributed by atoms with Gasteiger partial charge < -0.3 is 15.3 Å². The summed E-state index contributed by atoms with van der Waals surface area (Å²) >= 11 is 0. The summed E-state index contributed by atoms with van der Waals surface area (Å²) in [6, 6.07) is 0.457. The van der Waals surface area contributed by atoms with E-state index in [1.54, 1.807) is 0 Å². The molecule has 0 spiro atoms. The van der Waals surface area contributed by atoms with Gasteiger partial charge in [0.05, 0.1) is 0 Å². The number of hydrogen-bond donors (Lipinski definition) is 2. The van der Waals surface area contributed by atoms with Crippen LogP contribution in [0.4, 0.5) is 4.79 Å². The van der Waals surface area contributed by atoms with E-state index >= 15 is 0 Å². The van der Waals surface area contributed by atoms with Crippen LogP contribution < -0.4 is 5.32 Å². The molecule has 2 N–H and O–H groups in total. The van der Waals surface area contributed by atoms with Crippen molar-refractivity contribution in [2.75, 3.05) is 6.54 Å². The Morgan fingerprint density at radius 2 is 1.85 bits per heavy atom. The van der Waals surface area contributed by atoms with Crippen LogP contribution in [-0.4, -0.2) is 40.6 Å². The maximum atomic E-state index is 12.2. The number of piperidine rings is 1. The summed E-state index contributed by atoms with van der Waals surface area (Å²) in [5.74, 6) is -0.498. The van der Waals surface area contributed by atoms with Crippen molar-refractivity contribution >= 4 is 12.0 Å². The molecule has 2 amide bonds. The number of carbonyl (C=O) groups excluding carboxylic acids is 1. The van der Waals surface area contributed by atoms with Crippen LogP contribution in [0.15, 0.2) is 11.6 Å². The highest BCUT2D eigenvalue weighted by Gasteiger charge is 2.43. The van der Waals surface area contributed by atoms with Crippen LogP contribution >= 0.6 is 0 Å². The van der Waals surface area contributed by atoms with E-state index in [-0.39, 0.29) is 30.5 Å². The number of carboxylic acids is 1. The molecule has 2 atom stereocenters. The number of nitrogens with one attached hydrogen (secondary N) is 1. The third-order valence-corrected chi connectivity index (χ3v) is 4.29. The average molecular weight is 280 g/mol. The second-order valence-corrected chi connectivity index (χ2v) is 6.20. The van der Waals surface area contributed by atoms with Crippen LogP contribution in [-0.2, 0) is 4.79 Å². The molecular weight excluding hydrogens is 256 g/mol. The van der Waals surface area contributed by atoms with E-state index in [0.717, 1.165) is 25.7 Å². The topological polar surface area (TPSA) is 69.6 Å². The largest absolute Gasteiger partial charge is 0.481 e. The van der Waals surface area contributed by atoms with Gasteiger partial charge in [-0.1, -0.05) is 11.6 Å². The van der Waals surface area contributed by atoms with Gasteiger partial charge in [-0.05, 0) is 45.4 Å². The van der Waals surface area contributed by atoms with Crippen LogP contribution in [0.25, 0.3) is 0 Å². The van der Waals surface area contributed by atoms with Crippen molar-refractivity contribution in [2.24, 2.45) is 5.92 Å². The van der Waals surface area contributed by atoms with Gasteiger partial charge in [-0.25, -0.2) is 4.79 Å². The number of allylic oxidation sites excluding steroid dienone is 1. The van der Waals surface area contributed by atoms with Crippen LogP contribution in [0.2, 0.25) is 0 Å². The Morgan fingerprint density at radius 1 is 1.25 bits per heavy atom. The van der Waals surface area contributed by atoms with E-state index in [1.165, 1.54) is 5.57 Å². The van der Waals surface area contributed by atoms with Gasteiger partial charge >= 0.3 is 12.0 Å². The van der Waals surface area contributed by atoms with Gasteiger partial charge in [0.2, 0.25) is 0 Å². The number of carbonyl (C=O) groups is 2. The second kappa shape index (κ2) is 6.29. The van der Waals surface area contributed by atoms with Gasteiger partial charge in [-0.15, -0.1) is 0 Å². The van der Waals surface area contributed by atoms with Crippen molar-refractivity contribution in [3.05, 3.63) is 11.6 Å². The summed E-state index contributed by atoms with van der Waals surface area (Å²) in [5, 5.41) is 11.8. The monoisotopic (exact) mass is 280 g/mol. The highest BCUT2D eigenvalue weighted by atomic mass is 16.4. The predicted molar refractivity (Wildman–Crippen MR) is 76.5 cm³/mol. The minimum atomic E-state index is -0.726. The molecule has 0 aromatic rings. The van der Waals surface area contributed by atoms with Crippen LogP contribution in [0.5, 0.6) is 0 Å². The summed E-state index contributed by atoms with van der Waals surface area (Å²) in [5.41, 5.74) is 1.19. The number of urea groups is 1. The molecule has 2 rings (SSSR count). The lowest BCUT2D eigenvalue weighted by molar-refractivity contribution is -0.138. The maximum Gasteiger partial charge on any atom is 0.318 e. The van der Waals surface area contributed by atoms with E-state index in [4.69, 9.17) is 5.11 Å². The normalized spacial score (nSPS) is 28.1. The van der Waals surface area contributed by atoms with Crippen molar-refractivity contribution in [3.8, 4) is 0 Å². The fourth-order valence-corrected chi connectivity index (χ4v) is 3.47. The number of hydrogen-bond acceptors (Lipinski definition) is 2. The Kier molecular flexibility index (Phi) is 4.68. The minimum absolute atomic E-state index is 0.00350. The van der Waals surface area contributed by atoms with Gasteiger partial charge in [-0.2, -0.15) is 0 Å². The second-order valence-electron chi connectivity index (χ2n) is 6.20. The Hall–Kier alpha value is -1.52. The summed E-state index contributed by atoms with van der Waals surface area (Å²) in [6.07, 6.45) is 5.92. The molecule has 0 aromatic heterocycles. The first-order valence-corrected chi connectivity index (χ1v) is 7.38. The molecule has 20 heavy (non-hydrogen) atoms. The first kappa shape index (κ1) is 14.9.